The average molecular weight is 1140 g/mol. The summed E-state index contributed by atoms with van der Waals surface area (Å²) in [5.74, 6) is -0.311. The summed E-state index contributed by atoms with van der Waals surface area (Å²) in [6.45, 7) is 4.72. The van der Waals surface area contributed by atoms with E-state index in [9.17, 15) is 45.5 Å². The van der Waals surface area contributed by atoms with Crippen molar-refractivity contribution in [3.8, 4) is 11.5 Å². The molecule has 424 valence electrons. The Morgan fingerprint density at radius 3 is 1.51 bits per heavy atom. The van der Waals surface area contributed by atoms with Gasteiger partial charge in [-0.25, -0.2) is 9.59 Å². The fraction of sp³-hybridized carbons (Fsp3) is 0.312. The zero-order valence-corrected chi connectivity index (χ0v) is 45.6. The van der Waals surface area contributed by atoms with Crippen LogP contribution in [0.2, 0.25) is 0 Å². The lowest BCUT2D eigenvalue weighted by Gasteiger charge is -2.20. The number of nitrogens with zero attached hydrogens (tertiary/aromatic N) is 1. The second-order valence-electron chi connectivity index (χ2n) is 19.6. The molecule has 1 aliphatic heterocycles. The van der Waals surface area contributed by atoms with Crippen LogP contribution in [0.3, 0.4) is 0 Å². The minimum atomic E-state index is -4.53. The molecule has 0 radical (unpaired) electrons. The Kier molecular flexibility index (Phi) is 19.8. The summed E-state index contributed by atoms with van der Waals surface area (Å²) < 4.78 is 105. The summed E-state index contributed by atoms with van der Waals surface area (Å²) in [6.07, 6.45) is -3.47. The number of carbonyl (C=O) groups excluding carboxylic acids is 4. The molecule has 0 aromatic heterocycles. The van der Waals surface area contributed by atoms with E-state index in [1.807, 2.05) is 66.7 Å². The van der Waals surface area contributed by atoms with Crippen molar-refractivity contribution in [3.05, 3.63) is 189 Å². The van der Waals surface area contributed by atoms with Crippen LogP contribution in [0, 0.1) is 0 Å². The van der Waals surface area contributed by atoms with E-state index < -0.39 is 35.4 Å². The molecule has 0 unspecified atom stereocenters. The number of carbonyl (C=O) groups is 4. The van der Waals surface area contributed by atoms with Gasteiger partial charge in [-0.15, -0.1) is 11.6 Å². The van der Waals surface area contributed by atoms with Gasteiger partial charge in [0.1, 0.15) is 24.7 Å². The largest absolute Gasteiger partial charge is 0.488 e. The number of allylic oxidation sites excluding steroid dienone is 4. The molecule has 2 aliphatic carbocycles. The topological polar surface area (TPSA) is 120 Å². The van der Waals surface area contributed by atoms with Crippen LogP contribution in [0.5, 0.6) is 11.5 Å². The number of nitrogens with one attached hydrogen (secondary N) is 1. The molecule has 2 amide bonds. The van der Waals surface area contributed by atoms with E-state index in [-0.39, 0.29) is 50.2 Å². The van der Waals surface area contributed by atoms with Gasteiger partial charge < -0.3 is 29.2 Å². The Balaban J connectivity index is 0.000000212. The Morgan fingerprint density at radius 1 is 0.568 bits per heavy atom. The number of amides is 2. The smallest absolute Gasteiger partial charge is 0.416 e. The quantitative estimate of drug-likeness (QED) is 0.0484. The molecule has 10 nitrogen and oxygen atoms in total. The molecule has 17 heteroatoms. The zero-order valence-electron chi connectivity index (χ0n) is 44.9. The number of rotatable bonds is 19. The van der Waals surface area contributed by atoms with Crippen molar-refractivity contribution in [2.75, 3.05) is 35.9 Å². The molecule has 6 aromatic rings. The summed E-state index contributed by atoms with van der Waals surface area (Å²) in [6, 6.07) is 36.0. The molecule has 9 rings (SSSR count). The molecule has 0 spiro atoms. The third-order valence-electron chi connectivity index (χ3n) is 14.0. The first-order chi connectivity index (χ1) is 38.9. The number of ether oxygens (including phenoxy) is 4. The molecule has 1 N–H and O–H groups in total. The molecular weight excluding hydrogens is 1070 g/mol. The lowest BCUT2D eigenvalue weighted by atomic mass is 9.93. The standard InChI is InChI=1S/C32H31ClF3NO4.C32H30F3NO4/c1-2-40-31(39)23-16-22(17-25(18-23)37-30(38)12-7-15-33)26-10-6-11-27(26)28-19-24(32(34,35)36)13-14-29(28)41-20-21-8-4-3-5-9-21;1-2-39-31(38)23-16-22(17-25(18-23)36-15-7-12-30(36)37)26-10-6-11-27(26)28-19-24(32(33,34)35)13-14-29(28)40-20-21-8-4-3-5-9-21/h3-5,8-9,13-14,16-19H,2,6-7,10-12,15,20H2,1H3,(H,37,38);3-5,8-9,13-14,16-19H,2,6-7,10-12,15,20H2,1H3. The molecule has 81 heavy (non-hydrogen) atoms. The van der Waals surface area contributed by atoms with Crippen molar-refractivity contribution in [2.24, 2.45) is 0 Å². The third-order valence-corrected chi connectivity index (χ3v) is 14.2. The second-order valence-corrected chi connectivity index (χ2v) is 20.0. The van der Waals surface area contributed by atoms with Crippen LogP contribution < -0.4 is 19.7 Å². The van der Waals surface area contributed by atoms with Crippen LogP contribution >= 0.6 is 11.6 Å². The van der Waals surface area contributed by atoms with Gasteiger partial charge in [0.15, 0.2) is 0 Å². The highest BCUT2D eigenvalue weighted by Gasteiger charge is 2.35. The maximum Gasteiger partial charge on any atom is 0.416 e. The van der Waals surface area contributed by atoms with Gasteiger partial charge in [-0.05, 0) is 183 Å². The van der Waals surface area contributed by atoms with Crippen LogP contribution in [-0.4, -0.2) is 49.4 Å². The Labute approximate surface area is 471 Å². The van der Waals surface area contributed by atoms with Crippen LogP contribution in [0.4, 0.5) is 37.7 Å². The third kappa shape index (κ3) is 15.3. The predicted octanol–water partition coefficient (Wildman–Crippen LogP) is 16.2. The zero-order chi connectivity index (χ0) is 57.7. The minimum absolute atomic E-state index is 0.0259. The highest BCUT2D eigenvalue weighted by atomic mass is 35.5. The minimum Gasteiger partial charge on any atom is -0.488 e. The summed E-state index contributed by atoms with van der Waals surface area (Å²) in [4.78, 5) is 52.1. The number of esters is 2. The van der Waals surface area contributed by atoms with Gasteiger partial charge in [0.25, 0.3) is 0 Å². The van der Waals surface area contributed by atoms with Gasteiger partial charge in [0, 0.05) is 47.8 Å². The van der Waals surface area contributed by atoms with Crippen molar-refractivity contribution in [1.29, 1.82) is 0 Å². The number of hydrogen-bond acceptors (Lipinski definition) is 8. The molecule has 0 saturated carbocycles. The Bertz CT molecular complexity index is 3300. The van der Waals surface area contributed by atoms with Crippen molar-refractivity contribution >= 4 is 69.0 Å². The molecule has 1 fully saturated rings. The maximum atomic E-state index is 13.8. The highest BCUT2D eigenvalue weighted by molar-refractivity contribution is 6.18. The van der Waals surface area contributed by atoms with E-state index in [1.54, 1.807) is 43.0 Å². The molecule has 6 aromatic carbocycles. The van der Waals surface area contributed by atoms with Crippen LogP contribution in [0.15, 0.2) is 133 Å². The monoisotopic (exact) mass is 1130 g/mol. The van der Waals surface area contributed by atoms with E-state index in [0.717, 1.165) is 65.0 Å². The van der Waals surface area contributed by atoms with Gasteiger partial charge in [-0.1, -0.05) is 60.7 Å². The van der Waals surface area contributed by atoms with E-state index in [0.29, 0.717) is 114 Å². The first-order valence-electron chi connectivity index (χ1n) is 27.0. The van der Waals surface area contributed by atoms with E-state index in [2.05, 4.69) is 5.32 Å². The van der Waals surface area contributed by atoms with Crippen molar-refractivity contribution in [1.82, 2.24) is 0 Å². The Morgan fingerprint density at radius 2 is 1.05 bits per heavy atom. The number of hydrogen-bond donors (Lipinski definition) is 1. The molecule has 3 aliphatic rings. The van der Waals surface area contributed by atoms with Gasteiger partial charge in [-0.2, -0.15) is 26.3 Å². The first-order valence-corrected chi connectivity index (χ1v) is 27.5. The fourth-order valence-electron chi connectivity index (χ4n) is 10.2. The predicted molar refractivity (Wildman–Crippen MR) is 301 cm³/mol. The molecule has 0 atom stereocenters. The van der Waals surface area contributed by atoms with Crippen LogP contribution in [-0.2, 0) is 44.6 Å². The SMILES string of the molecule is CCOC(=O)c1cc(C2=C(c3cc(C(F)(F)F)ccc3OCc3ccccc3)CCC2)cc(N2CCCC2=O)c1.CCOC(=O)c1cc(NC(=O)CCCCl)cc(C2=C(c3cc(C(F)(F)F)ccc3OCc3ccccc3)CCC2)c1. The lowest BCUT2D eigenvalue weighted by molar-refractivity contribution is -0.138. The molecular formula is C64H61ClF6N2O8. The normalized spacial score (nSPS) is 14.4. The molecule has 0 bridgehead atoms. The second kappa shape index (κ2) is 27.1. The molecule has 1 saturated heterocycles. The molecule has 1 heterocycles. The average Bonchev–Trinajstić information content (AvgIpc) is 4.31. The lowest BCUT2D eigenvalue weighted by Crippen LogP contribution is -2.24. The summed E-state index contributed by atoms with van der Waals surface area (Å²) in [5.41, 5.74) is 6.93. The van der Waals surface area contributed by atoms with E-state index >= 15 is 0 Å². The number of anilines is 2. The number of benzene rings is 6. The van der Waals surface area contributed by atoms with Gasteiger partial charge >= 0.3 is 24.3 Å². The van der Waals surface area contributed by atoms with E-state index in [4.69, 9.17) is 30.5 Å². The van der Waals surface area contributed by atoms with Gasteiger partial charge in [0.05, 0.1) is 35.5 Å². The number of halogens is 7. The van der Waals surface area contributed by atoms with Gasteiger partial charge in [0.2, 0.25) is 11.8 Å². The summed E-state index contributed by atoms with van der Waals surface area (Å²) in [5, 5.41) is 2.81. The summed E-state index contributed by atoms with van der Waals surface area (Å²) >= 11 is 5.72. The Hall–Kier alpha value is -7.85. The maximum absolute atomic E-state index is 13.8. The van der Waals surface area contributed by atoms with Gasteiger partial charge in [-0.3, -0.25) is 9.59 Å². The number of alkyl halides is 7. The van der Waals surface area contributed by atoms with Crippen LogP contribution in [0.1, 0.15) is 143 Å². The van der Waals surface area contributed by atoms with Crippen molar-refractivity contribution in [3.63, 3.8) is 0 Å². The van der Waals surface area contributed by atoms with Crippen molar-refractivity contribution in [2.45, 2.75) is 104 Å². The highest BCUT2D eigenvalue weighted by Crippen LogP contribution is 2.48. The summed E-state index contributed by atoms with van der Waals surface area (Å²) in [7, 11) is 0. The van der Waals surface area contributed by atoms with Crippen LogP contribution in [0.25, 0.3) is 22.3 Å². The van der Waals surface area contributed by atoms with E-state index in [1.165, 1.54) is 18.2 Å². The first kappa shape index (κ1) is 59.3. The fourth-order valence-corrected chi connectivity index (χ4v) is 10.3. The van der Waals surface area contributed by atoms with Crippen molar-refractivity contribution < 1.29 is 64.5 Å².